The van der Waals surface area contributed by atoms with E-state index in [9.17, 15) is 22.8 Å². The zero-order chi connectivity index (χ0) is 23.0. The molecule has 1 N–H and O–H groups in total. The molecule has 2 aromatic heterocycles. The number of amides is 1. The number of halogens is 3. The van der Waals surface area contributed by atoms with E-state index < -0.39 is 23.6 Å². The lowest BCUT2D eigenvalue weighted by molar-refractivity contribution is -0.137. The third-order valence-electron chi connectivity index (χ3n) is 5.43. The van der Waals surface area contributed by atoms with E-state index in [2.05, 4.69) is 15.4 Å². The molecule has 7 nitrogen and oxygen atoms in total. The molecule has 1 aromatic carbocycles. The maximum absolute atomic E-state index is 13.3. The average Bonchev–Trinajstić information content (AvgIpc) is 3.20. The molecule has 1 aliphatic heterocycles. The number of anilines is 1. The largest absolute Gasteiger partial charge is 0.495 e. The number of nitrogens with zero attached hydrogens (tertiary/aromatic N) is 3. The SMILES string of the molecule is COc1ccc(C(=O)Nc2cnn3c2C(=O)C(c2ccc(C(F)(F)F)cc2)C[C@@H]3C)nc1. The van der Waals surface area contributed by atoms with Crippen LogP contribution in [0.1, 0.15) is 57.4 Å². The van der Waals surface area contributed by atoms with Gasteiger partial charge in [-0.05, 0) is 43.2 Å². The number of carbonyl (C=O) groups is 2. The molecule has 2 atom stereocenters. The van der Waals surface area contributed by atoms with Crippen molar-refractivity contribution in [3.63, 3.8) is 0 Å². The Labute approximate surface area is 181 Å². The number of carbonyl (C=O) groups excluding carboxylic acids is 2. The summed E-state index contributed by atoms with van der Waals surface area (Å²) in [5.41, 5.74) is 0.261. The Morgan fingerprint density at radius 1 is 1.16 bits per heavy atom. The first kappa shape index (κ1) is 21.5. The van der Waals surface area contributed by atoms with Crippen molar-refractivity contribution in [2.24, 2.45) is 0 Å². The van der Waals surface area contributed by atoms with Crippen LogP contribution in [0, 0.1) is 0 Å². The van der Waals surface area contributed by atoms with Gasteiger partial charge in [0.25, 0.3) is 5.91 Å². The number of pyridine rings is 1. The number of rotatable bonds is 4. The fourth-order valence-electron chi connectivity index (χ4n) is 3.76. The molecule has 0 fully saturated rings. The maximum atomic E-state index is 13.3. The van der Waals surface area contributed by atoms with Gasteiger partial charge in [-0.15, -0.1) is 0 Å². The fourth-order valence-corrected chi connectivity index (χ4v) is 3.76. The van der Waals surface area contributed by atoms with Crippen molar-refractivity contribution in [2.75, 3.05) is 12.4 Å². The molecular formula is C22H19F3N4O3. The number of aromatic nitrogens is 3. The topological polar surface area (TPSA) is 86.1 Å². The van der Waals surface area contributed by atoms with Crippen LogP contribution in [0.2, 0.25) is 0 Å². The summed E-state index contributed by atoms with van der Waals surface area (Å²) in [5, 5.41) is 6.89. The van der Waals surface area contributed by atoms with Crippen molar-refractivity contribution in [1.82, 2.24) is 14.8 Å². The Morgan fingerprint density at radius 3 is 2.47 bits per heavy atom. The Balaban J connectivity index is 1.60. The molecule has 10 heteroatoms. The third-order valence-corrected chi connectivity index (χ3v) is 5.43. The lowest BCUT2D eigenvalue weighted by Crippen LogP contribution is -2.29. The van der Waals surface area contributed by atoms with Crippen LogP contribution < -0.4 is 10.1 Å². The van der Waals surface area contributed by atoms with Gasteiger partial charge < -0.3 is 10.1 Å². The number of hydrogen-bond donors (Lipinski definition) is 1. The Hall–Kier alpha value is -3.69. The highest BCUT2D eigenvalue weighted by Crippen LogP contribution is 2.39. The van der Waals surface area contributed by atoms with Gasteiger partial charge >= 0.3 is 6.18 Å². The normalized spacial score (nSPS) is 18.2. The summed E-state index contributed by atoms with van der Waals surface area (Å²) in [6.45, 7) is 1.86. The fraction of sp³-hybridized carbons (Fsp3) is 0.273. The number of ether oxygens (including phenoxy) is 1. The average molecular weight is 444 g/mol. The molecule has 3 aromatic rings. The van der Waals surface area contributed by atoms with E-state index in [1.165, 1.54) is 42.4 Å². The van der Waals surface area contributed by atoms with Gasteiger partial charge in [-0.1, -0.05) is 12.1 Å². The molecule has 0 saturated carbocycles. The number of methoxy groups -OCH3 is 1. The van der Waals surface area contributed by atoms with Crippen LogP contribution in [0.3, 0.4) is 0 Å². The first-order valence-corrected chi connectivity index (χ1v) is 9.79. The Morgan fingerprint density at radius 2 is 1.88 bits per heavy atom. The quantitative estimate of drug-likeness (QED) is 0.641. The van der Waals surface area contributed by atoms with Gasteiger partial charge in [0.05, 0.1) is 42.7 Å². The predicted molar refractivity (Wildman–Crippen MR) is 109 cm³/mol. The van der Waals surface area contributed by atoms with Crippen molar-refractivity contribution < 1.29 is 27.5 Å². The number of nitrogens with one attached hydrogen (secondary N) is 1. The summed E-state index contributed by atoms with van der Waals surface area (Å²) in [6, 6.07) is 7.46. The summed E-state index contributed by atoms with van der Waals surface area (Å²) < 4.78 is 45.2. The summed E-state index contributed by atoms with van der Waals surface area (Å²) >= 11 is 0. The highest BCUT2D eigenvalue weighted by Gasteiger charge is 2.37. The van der Waals surface area contributed by atoms with Crippen LogP contribution in [-0.2, 0) is 6.18 Å². The van der Waals surface area contributed by atoms with E-state index >= 15 is 0 Å². The van der Waals surface area contributed by atoms with E-state index in [1.807, 2.05) is 6.92 Å². The first-order valence-electron chi connectivity index (χ1n) is 9.79. The van der Waals surface area contributed by atoms with Crippen LogP contribution in [-0.4, -0.2) is 33.6 Å². The minimum Gasteiger partial charge on any atom is -0.495 e. The zero-order valence-corrected chi connectivity index (χ0v) is 17.2. The molecule has 1 unspecified atom stereocenters. The Kier molecular flexibility index (Phi) is 5.45. The highest BCUT2D eigenvalue weighted by atomic mass is 19.4. The third kappa shape index (κ3) is 3.95. The van der Waals surface area contributed by atoms with Crippen molar-refractivity contribution >= 4 is 17.4 Å². The monoisotopic (exact) mass is 444 g/mol. The van der Waals surface area contributed by atoms with Crippen molar-refractivity contribution in [3.05, 3.63) is 71.3 Å². The molecular weight excluding hydrogens is 425 g/mol. The molecule has 0 saturated heterocycles. The molecule has 0 radical (unpaired) electrons. The van der Waals surface area contributed by atoms with Crippen LogP contribution in [0.4, 0.5) is 18.9 Å². The van der Waals surface area contributed by atoms with Gasteiger partial charge in [0.15, 0.2) is 5.78 Å². The van der Waals surface area contributed by atoms with Gasteiger partial charge in [-0.25, -0.2) is 4.98 Å². The van der Waals surface area contributed by atoms with Crippen LogP contribution >= 0.6 is 0 Å². The van der Waals surface area contributed by atoms with E-state index in [-0.39, 0.29) is 28.9 Å². The molecule has 4 rings (SSSR count). The molecule has 166 valence electrons. The van der Waals surface area contributed by atoms with Crippen molar-refractivity contribution in [3.8, 4) is 5.75 Å². The van der Waals surface area contributed by atoms with Gasteiger partial charge in [-0.3, -0.25) is 14.3 Å². The number of hydrogen-bond acceptors (Lipinski definition) is 5. The van der Waals surface area contributed by atoms with Gasteiger partial charge in [-0.2, -0.15) is 18.3 Å². The maximum Gasteiger partial charge on any atom is 0.416 e. The predicted octanol–water partition coefficient (Wildman–Crippen LogP) is 4.49. The molecule has 0 spiro atoms. The van der Waals surface area contributed by atoms with Gasteiger partial charge in [0.2, 0.25) is 0 Å². The number of fused-ring (bicyclic) bond motifs is 1. The Bertz CT molecular complexity index is 1150. The van der Waals surface area contributed by atoms with Crippen LogP contribution in [0.5, 0.6) is 5.75 Å². The first-order chi connectivity index (χ1) is 15.2. The van der Waals surface area contributed by atoms with E-state index in [0.717, 1.165) is 12.1 Å². The van der Waals surface area contributed by atoms with Crippen LogP contribution in [0.25, 0.3) is 0 Å². The lowest BCUT2D eigenvalue weighted by Gasteiger charge is -2.28. The summed E-state index contributed by atoms with van der Waals surface area (Å²) in [5.74, 6) is -1.00. The molecule has 1 amide bonds. The minimum absolute atomic E-state index is 0.126. The summed E-state index contributed by atoms with van der Waals surface area (Å²) in [7, 11) is 1.48. The van der Waals surface area contributed by atoms with Crippen LogP contribution in [0.15, 0.2) is 48.8 Å². The molecule has 0 bridgehead atoms. The number of Topliss-reactive ketones (excluding diaryl/α,β-unsaturated/α-hetero) is 1. The van der Waals surface area contributed by atoms with Crippen molar-refractivity contribution in [2.45, 2.75) is 31.5 Å². The molecule has 32 heavy (non-hydrogen) atoms. The summed E-state index contributed by atoms with van der Waals surface area (Å²) in [6.07, 6.45) is -1.28. The van der Waals surface area contributed by atoms with Crippen molar-refractivity contribution in [1.29, 1.82) is 0 Å². The standard InChI is InChI=1S/C22H19F3N4O3/c1-12-9-16(13-3-5-14(6-4-13)22(23,24)25)20(30)19-18(11-27-29(12)19)28-21(31)17-8-7-15(32-2)10-26-17/h3-8,10-12,16H,9H2,1-2H3,(H,28,31)/t12-,16?/m0/s1. The van der Waals surface area contributed by atoms with E-state index in [0.29, 0.717) is 17.7 Å². The van der Waals surface area contributed by atoms with E-state index in [1.54, 1.807) is 6.07 Å². The highest BCUT2D eigenvalue weighted by molar-refractivity contribution is 6.10. The number of alkyl halides is 3. The molecule has 0 aliphatic carbocycles. The van der Waals surface area contributed by atoms with E-state index in [4.69, 9.17) is 4.74 Å². The number of ketones is 1. The van der Waals surface area contributed by atoms with Gasteiger partial charge in [0, 0.05) is 0 Å². The summed E-state index contributed by atoms with van der Waals surface area (Å²) in [4.78, 5) is 29.9. The molecule has 1 aliphatic rings. The number of benzene rings is 1. The second kappa shape index (κ2) is 8.10. The lowest BCUT2D eigenvalue weighted by atomic mass is 9.84. The second-order valence-corrected chi connectivity index (χ2v) is 7.51. The zero-order valence-electron chi connectivity index (χ0n) is 17.2. The molecule has 3 heterocycles. The minimum atomic E-state index is -4.45. The van der Waals surface area contributed by atoms with Gasteiger partial charge in [0.1, 0.15) is 17.1 Å². The smallest absolute Gasteiger partial charge is 0.416 e. The second-order valence-electron chi connectivity index (χ2n) is 7.51.